The molecule has 0 radical (unpaired) electrons. The van der Waals surface area contributed by atoms with E-state index in [4.69, 9.17) is 5.26 Å². The third-order valence-corrected chi connectivity index (χ3v) is 4.01. The predicted molar refractivity (Wildman–Crippen MR) is 74.9 cm³/mol. The summed E-state index contributed by atoms with van der Waals surface area (Å²) in [6, 6.07) is 6.66. The molecule has 1 aromatic heterocycles. The van der Waals surface area contributed by atoms with Crippen LogP contribution >= 0.6 is 0 Å². The van der Waals surface area contributed by atoms with Crippen LogP contribution in [0.25, 0.3) is 0 Å². The molecule has 1 atom stereocenters. The fourth-order valence-electron chi connectivity index (χ4n) is 2.80. The Labute approximate surface area is 114 Å². The monoisotopic (exact) mass is 256 g/mol. The average molecular weight is 256 g/mol. The smallest absolute Gasteiger partial charge is 0.128 e. The molecule has 1 aliphatic heterocycles. The van der Waals surface area contributed by atoms with E-state index in [1.54, 1.807) is 6.20 Å². The van der Waals surface area contributed by atoms with Crippen LogP contribution in [0.2, 0.25) is 0 Å². The van der Waals surface area contributed by atoms with Crippen molar-refractivity contribution in [1.29, 1.82) is 5.26 Å². The molecular weight excluding hydrogens is 236 g/mol. The molecule has 1 N–H and O–H groups in total. The van der Waals surface area contributed by atoms with Gasteiger partial charge in [0.1, 0.15) is 11.9 Å². The first kappa shape index (κ1) is 12.4. The van der Waals surface area contributed by atoms with Crippen LogP contribution < -0.4 is 10.2 Å². The maximum Gasteiger partial charge on any atom is 0.128 e. The van der Waals surface area contributed by atoms with E-state index in [2.05, 4.69) is 21.3 Å². The Hall–Kier alpha value is -1.60. The number of aromatic nitrogens is 1. The number of nitrogens with one attached hydrogen (secondary N) is 1. The minimum absolute atomic E-state index is 0.638. The molecule has 1 aliphatic carbocycles. The number of pyridine rings is 1. The van der Waals surface area contributed by atoms with E-state index in [9.17, 15) is 0 Å². The predicted octanol–water partition coefficient (Wildman–Crippen LogP) is 1.92. The van der Waals surface area contributed by atoms with Crippen LogP contribution in [0.3, 0.4) is 0 Å². The zero-order valence-electron chi connectivity index (χ0n) is 11.2. The van der Waals surface area contributed by atoms with Gasteiger partial charge in [0.25, 0.3) is 0 Å². The Morgan fingerprint density at radius 2 is 2.26 bits per heavy atom. The van der Waals surface area contributed by atoms with Gasteiger partial charge in [-0.25, -0.2) is 4.98 Å². The SMILES string of the molecule is N#Cc1ccc(N(CC2CCCNC2)C2CC2)nc1. The number of hydrogen-bond donors (Lipinski definition) is 1. The van der Waals surface area contributed by atoms with Crippen LogP contribution in [0, 0.1) is 17.2 Å². The molecule has 4 nitrogen and oxygen atoms in total. The van der Waals surface area contributed by atoms with Gasteiger partial charge in [-0.2, -0.15) is 5.26 Å². The maximum absolute atomic E-state index is 8.84. The Morgan fingerprint density at radius 3 is 2.84 bits per heavy atom. The van der Waals surface area contributed by atoms with E-state index in [1.807, 2.05) is 12.1 Å². The number of rotatable bonds is 4. The van der Waals surface area contributed by atoms with Crippen molar-refractivity contribution in [2.75, 3.05) is 24.5 Å². The molecule has 19 heavy (non-hydrogen) atoms. The molecular formula is C15H20N4. The third-order valence-electron chi connectivity index (χ3n) is 4.01. The van der Waals surface area contributed by atoms with Crippen molar-refractivity contribution in [3.05, 3.63) is 23.9 Å². The normalized spacial score (nSPS) is 22.8. The van der Waals surface area contributed by atoms with Gasteiger partial charge in [0.05, 0.1) is 5.56 Å². The summed E-state index contributed by atoms with van der Waals surface area (Å²) in [6.45, 7) is 3.38. The largest absolute Gasteiger partial charge is 0.353 e. The third kappa shape index (κ3) is 3.05. The van der Waals surface area contributed by atoms with Gasteiger partial charge in [0.15, 0.2) is 0 Å². The Kier molecular flexibility index (Phi) is 3.65. The fourth-order valence-corrected chi connectivity index (χ4v) is 2.80. The molecule has 1 saturated carbocycles. The first-order valence-electron chi connectivity index (χ1n) is 7.20. The van der Waals surface area contributed by atoms with Gasteiger partial charge in [-0.1, -0.05) is 0 Å². The molecule has 0 bridgehead atoms. The summed E-state index contributed by atoms with van der Waals surface area (Å²) in [4.78, 5) is 6.90. The number of hydrogen-bond acceptors (Lipinski definition) is 4. The highest BCUT2D eigenvalue weighted by Crippen LogP contribution is 2.32. The lowest BCUT2D eigenvalue weighted by Gasteiger charge is -2.31. The molecule has 1 saturated heterocycles. The van der Waals surface area contributed by atoms with Gasteiger partial charge in [0, 0.05) is 18.8 Å². The van der Waals surface area contributed by atoms with Crippen molar-refractivity contribution in [3.63, 3.8) is 0 Å². The molecule has 0 amide bonds. The highest BCUT2D eigenvalue weighted by Gasteiger charge is 2.31. The van der Waals surface area contributed by atoms with E-state index in [1.165, 1.54) is 25.7 Å². The lowest BCUT2D eigenvalue weighted by molar-refractivity contribution is 0.375. The van der Waals surface area contributed by atoms with Gasteiger partial charge in [-0.15, -0.1) is 0 Å². The second kappa shape index (κ2) is 5.58. The van der Waals surface area contributed by atoms with Gasteiger partial charge >= 0.3 is 0 Å². The van der Waals surface area contributed by atoms with Crippen LogP contribution in [0.5, 0.6) is 0 Å². The topological polar surface area (TPSA) is 52.0 Å². The maximum atomic E-state index is 8.84. The van der Waals surface area contributed by atoms with Gasteiger partial charge in [0.2, 0.25) is 0 Å². The second-order valence-electron chi connectivity index (χ2n) is 5.61. The number of nitriles is 1. The van der Waals surface area contributed by atoms with Crippen molar-refractivity contribution < 1.29 is 0 Å². The van der Waals surface area contributed by atoms with Crippen molar-refractivity contribution >= 4 is 5.82 Å². The van der Waals surface area contributed by atoms with Crippen molar-refractivity contribution in [2.45, 2.75) is 31.7 Å². The Morgan fingerprint density at radius 1 is 1.37 bits per heavy atom. The molecule has 1 aromatic rings. The minimum atomic E-state index is 0.638. The zero-order valence-corrected chi connectivity index (χ0v) is 11.2. The van der Waals surface area contributed by atoms with E-state index in [-0.39, 0.29) is 0 Å². The zero-order chi connectivity index (χ0) is 13.1. The van der Waals surface area contributed by atoms with Crippen molar-refractivity contribution in [1.82, 2.24) is 10.3 Å². The van der Waals surface area contributed by atoms with E-state index < -0.39 is 0 Å². The van der Waals surface area contributed by atoms with Crippen LogP contribution in [0.4, 0.5) is 5.82 Å². The average Bonchev–Trinajstić information content (AvgIpc) is 3.31. The summed E-state index contributed by atoms with van der Waals surface area (Å²) in [7, 11) is 0. The fraction of sp³-hybridized carbons (Fsp3) is 0.600. The summed E-state index contributed by atoms with van der Waals surface area (Å²) in [6.07, 6.45) is 6.84. The molecule has 2 aliphatic rings. The van der Waals surface area contributed by atoms with Crippen LogP contribution in [0.15, 0.2) is 18.3 Å². The van der Waals surface area contributed by atoms with Gasteiger partial charge in [-0.05, 0) is 56.8 Å². The molecule has 0 spiro atoms. The first-order chi connectivity index (χ1) is 9.36. The van der Waals surface area contributed by atoms with E-state index in [0.29, 0.717) is 11.6 Å². The second-order valence-corrected chi connectivity index (χ2v) is 5.61. The lowest BCUT2D eigenvalue weighted by atomic mass is 9.99. The van der Waals surface area contributed by atoms with Gasteiger partial charge < -0.3 is 10.2 Å². The first-order valence-corrected chi connectivity index (χ1v) is 7.20. The van der Waals surface area contributed by atoms with E-state index >= 15 is 0 Å². The number of piperidine rings is 1. The van der Waals surface area contributed by atoms with Crippen LogP contribution in [0.1, 0.15) is 31.2 Å². The summed E-state index contributed by atoms with van der Waals surface area (Å²) in [5.74, 6) is 1.76. The Balaban J connectivity index is 1.70. The van der Waals surface area contributed by atoms with Gasteiger partial charge in [-0.3, -0.25) is 0 Å². The molecule has 0 aromatic carbocycles. The Bertz CT molecular complexity index is 452. The van der Waals surface area contributed by atoms with Crippen molar-refractivity contribution in [3.8, 4) is 6.07 Å². The standard InChI is InChI=1S/C15H20N4/c16-8-12-3-6-15(18-10-12)19(14-4-5-14)11-13-2-1-7-17-9-13/h3,6,10,13-14,17H,1-2,4-5,7,9,11H2. The highest BCUT2D eigenvalue weighted by molar-refractivity contribution is 5.44. The molecule has 2 fully saturated rings. The van der Waals surface area contributed by atoms with Crippen LogP contribution in [-0.2, 0) is 0 Å². The lowest BCUT2D eigenvalue weighted by Crippen LogP contribution is -2.39. The quantitative estimate of drug-likeness (QED) is 0.894. The molecule has 1 unspecified atom stereocenters. The molecule has 3 rings (SSSR count). The number of anilines is 1. The van der Waals surface area contributed by atoms with Crippen LogP contribution in [-0.4, -0.2) is 30.7 Å². The highest BCUT2D eigenvalue weighted by atomic mass is 15.2. The minimum Gasteiger partial charge on any atom is -0.353 e. The summed E-state index contributed by atoms with van der Waals surface area (Å²) >= 11 is 0. The number of nitrogens with zero attached hydrogens (tertiary/aromatic N) is 3. The molecule has 2 heterocycles. The molecule has 4 heteroatoms. The van der Waals surface area contributed by atoms with Crippen molar-refractivity contribution in [2.24, 2.45) is 5.92 Å². The molecule has 100 valence electrons. The van der Waals surface area contributed by atoms with E-state index in [0.717, 1.165) is 31.4 Å². The summed E-state index contributed by atoms with van der Waals surface area (Å²) < 4.78 is 0. The summed E-state index contributed by atoms with van der Waals surface area (Å²) in [5.41, 5.74) is 0.638. The summed E-state index contributed by atoms with van der Waals surface area (Å²) in [5, 5.41) is 12.3.